The van der Waals surface area contributed by atoms with E-state index < -0.39 is 12.2 Å². The van der Waals surface area contributed by atoms with Crippen LogP contribution in [0, 0.1) is 0 Å². The first-order valence-electron chi connectivity index (χ1n) is 3.55. The third kappa shape index (κ3) is 1.98. The lowest BCUT2D eigenvalue weighted by Crippen LogP contribution is -2.22. The van der Waals surface area contributed by atoms with Gasteiger partial charge in [-0.2, -0.15) is 0 Å². The van der Waals surface area contributed by atoms with Crippen LogP contribution in [-0.4, -0.2) is 23.3 Å². The summed E-state index contributed by atoms with van der Waals surface area (Å²) in [6.45, 7) is -0.675. The third-order valence-corrected chi connectivity index (χ3v) is 1.75. The van der Waals surface area contributed by atoms with Crippen molar-refractivity contribution >= 4 is 11.6 Å². The minimum absolute atomic E-state index is 0.0115. The van der Waals surface area contributed by atoms with Gasteiger partial charge < -0.3 is 4.74 Å². The molecule has 0 aromatic carbocycles. The van der Waals surface area contributed by atoms with E-state index in [1.54, 1.807) is 0 Å². The second-order valence-electron chi connectivity index (χ2n) is 2.26. The molecule has 1 heterocycles. The number of hydrogen-bond donors (Lipinski definition) is 0. The maximum Gasteiger partial charge on any atom is 0.297 e. The molecule has 1 rings (SSSR count). The van der Waals surface area contributed by atoms with Crippen molar-refractivity contribution in [2.45, 2.75) is 6.54 Å². The molecule has 0 aliphatic carbocycles. The topological polar surface area (TPSA) is 44.1 Å². The van der Waals surface area contributed by atoms with E-state index in [9.17, 15) is 9.18 Å². The largest absolute Gasteiger partial charge is 0.489 e. The monoisotopic (exact) mass is 206 g/mol. The van der Waals surface area contributed by atoms with Gasteiger partial charge >= 0.3 is 0 Å². The summed E-state index contributed by atoms with van der Waals surface area (Å²) in [7, 11) is 1.31. The highest BCUT2D eigenvalue weighted by Gasteiger charge is 2.09. The fourth-order valence-corrected chi connectivity index (χ4v) is 1.07. The molecule has 0 spiro atoms. The molecule has 0 N–H and O–H groups in total. The van der Waals surface area contributed by atoms with E-state index in [0.717, 1.165) is 4.57 Å². The summed E-state index contributed by atoms with van der Waals surface area (Å²) in [5, 5.41) is -0.0115. The lowest BCUT2D eigenvalue weighted by molar-refractivity contribution is 0.389. The van der Waals surface area contributed by atoms with Crippen LogP contribution in [-0.2, 0) is 6.54 Å². The van der Waals surface area contributed by atoms with Gasteiger partial charge in [0.15, 0.2) is 5.15 Å². The Hall–Kier alpha value is -1.10. The molecule has 0 unspecified atom stereocenters. The molecular formula is C7H8ClFN2O2. The molecule has 0 fully saturated rings. The summed E-state index contributed by atoms with van der Waals surface area (Å²) in [6, 6.07) is 0. The van der Waals surface area contributed by atoms with Gasteiger partial charge in [-0.3, -0.25) is 9.36 Å². The Bertz CT molecular complexity index is 353. The van der Waals surface area contributed by atoms with Crippen LogP contribution in [0.15, 0.2) is 11.1 Å². The normalized spacial score (nSPS) is 10.1. The molecular weight excluding hydrogens is 199 g/mol. The number of alkyl halides is 1. The Morgan fingerprint density at radius 3 is 3.00 bits per heavy atom. The van der Waals surface area contributed by atoms with E-state index in [-0.39, 0.29) is 17.4 Å². The van der Waals surface area contributed by atoms with E-state index in [1.165, 1.54) is 13.4 Å². The molecule has 0 radical (unpaired) electrons. The molecule has 0 amide bonds. The number of halogens is 2. The molecule has 0 atom stereocenters. The van der Waals surface area contributed by atoms with Crippen LogP contribution >= 0.6 is 11.6 Å². The number of rotatable bonds is 3. The van der Waals surface area contributed by atoms with Crippen molar-refractivity contribution in [1.82, 2.24) is 9.55 Å². The number of aryl methyl sites for hydroxylation is 1. The highest BCUT2D eigenvalue weighted by Crippen LogP contribution is 2.14. The first-order valence-corrected chi connectivity index (χ1v) is 3.93. The van der Waals surface area contributed by atoms with Crippen LogP contribution in [0.1, 0.15) is 0 Å². The van der Waals surface area contributed by atoms with Crippen molar-refractivity contribution in [2.24, 2.45) is 0 Å². The van der Waals surface area contributed by atoms with Gasteiger partial charge in [-0.15, -0.1) is 0 Å². The standard InChI is InChI=1S/C7H8ClFN2O2/c1-13-5-6(8)10-4-11(3-2-9)7(5)12/h4H,2-3H2,1H3. The van der Waals surface area contributed by atoms with Gasteiger partial charge in [0, 0.05) is 0 Å². The van der Waals surface area contributed by atoms with Crippen molar-refractivity contribution in [3.63, 3.8) is 0 Å². The van der Waals surface area contributed by atoms with Crippen molar-refractivity contribution in [3.05, 3.63) is 21.8 Å². The van der Waals surface area contributed by atoms with Gasteiger partial charge in [-0.1, -0.05) is 11.6 Å². The number of aromatic nitrogens is 2. The maximum atomic E-state index is 11.9. The zero-order chi connectivity index (χ0) is 9.84. The van der Waals surface area contributed by atoms with Crippen LogP contribution in [0.3, 0.4) is 0 Å². The predicted octanol–water partition coefficient (Wildman–Crippen LogP) is 0.875. The first-order chi connectivity index (χ1) is 6.20. The van der Waals surface area contributed by atoms with E-state index in [2.05, 4.69) is 4.98 Å². The SMILES string of the molecule is COc1c(Cl)ncn(CCF)c1=O. The number of methoxy groups -OCH3 is 1. The van der Waals surface area contributed by atoms with Gasteiger partial charge in [0.2, 0.25) is 5.75 Å². The quantitative estimate of drug-likeness (QED) is 0.690. The lowest BCUT2D eigenvalue weighted by atomic mass is 10.5. The highest BCUT2D eigenvalue weighted by molar-refractivity contribution is 6.30. The summed E-state index contributed by atoms with van der Waals surface area (Å²) in [5.74, 6) is -0.0578. The molecule has 6 heteroatoms. The third-order valence-electron chi connectivity index (χ3n) is 1.48. The number of hydrogen-bond acceptors (Lipinski definition) is 3. The molecule has 0 aliphatic rings. The van der Waals surface area contributed by atoms with Crippen molar-refractivity contribution in [1.29, 1.82) is 0 Å². The van der Waals surface area contributed by atoms with Gasteiger partial charge in [-0.25, -0.2) is 9.37 Å². The molecule has 1 aromatic rings. The van der Waals surface area contributed by atoms with E-state index in [4.69, 9.17) is 16.3 Å². The number of nitrogens with zero attached hydrogens (tertiary/aromatic N) is 2. The van der Waals surface area contributed by atoms with Crippen LogP contribution in [0.25, 0.3) is 0 Å². The van der Waals surface area contributed by atoms with Crippen LogP contribution in [0.5, 0.6) is 5.75 Å². The molecule has 13 heavy (non-hydrogen) atoms. The fraction of sp³-hybridized carbons (Fsp3) is 0.429. The van der Waals surface area contributed by atoms with Crippen molar-refractivity contribution in [3.8, 4) is 5.75 Å². The summed E-state index contributed by atoms with van der Waals surface area (Å²) in [5.41, 5.74) is -0.472. The Morgan fingerprint density at radius 2 is 2.46 bits per heavy atom. The average Bonchev–Trinajstić information content (AvgIpc) is 2.11. The Balaban J connectivity index is 3.20. The van der Waals surface area contributed by atoms with E-state index in [0.29, 0.717) is 0 Å². The average molecular weight is 207 g/mol. The molecule has 72 valence electrons. The van der Waals surface area contributed by atoms with Crippen LogP contribution in [0.4, 0.5) is 4.39 Å². The Kier molecular flexibility index (Phi) is 3.25. The highest BCUT2D eigenvalue weighted by atomic mass is 35.5. The molecule has 0 aliphatic heterocycles. The minimum atomic E-state index is -0.633. The molecule has 0 saturated carbocycles. The second-order valence-corrected chi connectivity index (χ2v) is 2.61. The second kappa shape index (κ2) is 4.23. The van der Waals surface area contributed by atoms with Gasteiger partial charge in [0.25, 0.3) is 5.56 Å². The summed E-state index contributed by atoms with van der Waals surface area (Å²) >= 11 is 5.56. The van der Waals surface area contributed by atoms with Crippen LogP contribution in [0.2, 0.25) is 5.15 Å². The summed E-state index contributed by atoms with van der Waals surface area (Å²) < 4.78 is 17.7. The first kappa shape index (κ1) is 9.98. The van der Waals surface area contributed by atoms with Crippen LogP contribution < -0.4 is 10.3 Å². The molecule has 0 bridgehead atoms. The van der Waals surface area contributed by atoms with E-state index in [1.807, 2.05) is 0 Å². The van der Waals surface area contributed by atoms with Crippen molar-refractivity contribution in [2.75, 3.05) is 13.8 Å². The summed E-state index contributed by atoms with van der Waals surface area (Å²) in [4.78, 5) is 15.0. The smallest absolute Gasteiger partial charge is 0.297 e. The zero-order valence-corrected chi connectivity index (χ0v) is 7.71. The molecule has 1 aromatic heterocycles. The van der Waals surface area contributed by atoms with Gasteiger partial charge in [0.05, 0.1) is 20.0 Å². The minimum Gasteiger partial charge on any atom is -0.489 e. The van der Waals surface area contributed by atoms with Crippen molar-refractivity contribution < 1.29 is 9.13 Å². The van der Waals surface area contributed by atoms with Gasteiger partial charge in [0.1, 0.15) is 6.67 Å². The van der Waals surface area contributed by atoms with Gasteiger partial charge in [-0.05, 0) is 0 Å². The maximum absolute atomic E-state index is 11.9. The number of ether oxygens (including phenoxy) is 1. The van der Waals surface area contributed by atoms with E-state index >= 15 is 0 Å². The molecule has 0 saturated heterocycles. The predicted molar refractivity (Wildman–Crippen MR) is 46.0 cm³/mol. The Morgan fingerprint density at radius 1 is 1.77 bits per heavy atom. The summed E-state index contributed by atoms with van der Waals surface area (Å²) in [6.07, 6.45) is 1.19. The zero-order valence-electron chi connectivity index (χ0n) is 6.96. The fourth-order valence-electron chi connectivity index (χ4n) is 0.872. The lowest BCUT2D eigenvalue weighted by Gasteiger charge is -2.05. The molecule has 4 nitrogen and oxygen atoms in total. The Labute approximate surface area is 78.9 Å².